The molecule has 1 aromatic heterocycles. The van der Waals surface area contributed by atoms with E-state index in [9.17, 15) is 9.18 Å². The molecule has 0 saturated heterocycles. The highest BCUT2D eigenvalue weighted by atomic mass is 35.5. The van der Waals surface area contributed by atoms with Gasteiger partial charge in [0, 0.05) is 22.7 Å². The van der Waals surface area contributed by atoms with Gasteiger partial charge in [0.1, 0.15) is 11.4 Å². The third-order valence-electron chi connectivity index (χ3n) is 3.92. The van der Waals surface area contributed by atoms with Crippen molar-refractivity contribution in [3.63, 3.8) is 0 Å². The van der Waals surface area contributed by atoms with Crippen LogP contribution >= 0.6 is 11.6 Å². The Hall–Kier alpha value is -2.66. The summed E-state index contributed by atoms with van der Waals surface area (Å²) in [5.41, 5.74) is 1.38. The van der Waals surface area contributed by atoms with Gasteiger partial charge >= 0.3 is 0 Å². The fourth-order valence-corrected chi connectivity index (χ4v) is 2.78. The lowest BCUT2D eigenvalue weighted by Gasteiger charge is -2.21. The molecule has 0 spiro atoms. The lowest BCUT2D eigenvalue weighted by molar-refractivity contribution is 0.0751. The third-order valence-corrected chi connectivity index (χ3v) is 4.27. The molecule has 0 atom stereocenters. The van der Waals surface area contributed by atoms with Gasteiger partial charge in [-0.2, -0.15) is 0 Å². The Morgan fingerprint density at radius 2 is 1.96 bits per heavy atom. The van der Waals surface area contributed by atoms with E-state index in [1.807, 2.05) is 37.3 Å². The van der Waals surface area contributed by atoms with E-state index in [1.54, 1.807) is 6.07 Å². The predicted octanol–water partition coefficient (Wildman–Crippen LogP) is 4.80. The van der Waals surface area contributed by atoms with Crippen LogP contribution in [0, 0.1) is 5.82 Å². The molecular formula is C19H16ClFN2O2. The van der Waals surface area contributed by atoms with Crippen molar-refractivity contribution in [2.45, 2.75) is 13.5 Å². The van der Waals surface area contributed by atoms with Crippen LogP contribution in [-0.4, -0.2) is 22.5 Å². The van der Waals surface area contributed by atoms with Gasteiger partial charge in [-0.05, 0) is 19.1 Å². The second-order valence-electron chi connectivity index (χ2n) is 5.45. The van der Waals surface area contributed by atoms with Crippen molar-refractivity contribution in [1.29, 1.82) is 0 Å². The van der Waals surface area contributed by atoms with Gasteiger partial charge in [0.15, 0.2) is 5.76 Å². The van der Waals surface area contributed by atoms with E-state index < -0.39 is 5.82 Å². The third kappa shape index (κ3) is 3.56. The Balaban J connectivity index is 1.91. The van der Waals surface area contributed by atoms with E-state index in [0.717, 1.165) is 5.56 Å². The second kappa shape index (κ2) is 7.49. The maximum atomic E-state index is 14.0. The fraction of sp³-hybridized carbons (Fsp3) is 0.158. The summed E-state index contributed by atoms with van der Waals surface area (Å²) >= 11 is 6.08. The number of rotatable bonds is 5. The lowest BCUT2D eigenvalue weighted by atomic mass is 10.1. The van der Waals surface area contributed by atoms with Crippen molar-refractivity contribution in [3.05, 3.63) is 76.7 Å². The van der Waals surface area contributed by atoms with Gasteiger partial charge in [0.25, 0.3) is 5.91 Å². The summed E-state index contributed by atoms with van der Waals surface area (Å²) < 4.78 is 19.3. The first-order valence-corrected chi connectivity index (χ1v) is 8.22. The number of carbonyl (C=O) groups excluding carboxylic acids is 1. The van der Waals surface area contributed by atoms with Crippen LogP contribution in [0.5, 0.6) is 0 Å². The number of aromatic nitrogens is 1. The van der Waals surface area contributed by atoms with E-state index in [4.69, 9.17) is 16.1 Å². The molecule has 0 unspecified atom stereocenters. The van der Waals surface area contributed by atoms with Gasteiger partial charge in [-0.1, -0.05) is 53.2 Å². The Bertz CT molecular complexity index is 860. The minimum Gasteiger partial charge on any atom is -0.355 e. The normalized spacial score (nSPS) is 10.7. The topological polar surface area (TPSA) is 46.3 Å². The van der Waals surface area contributed by atoms with Crippen molar-refractivity contribution in [1.82, 2.24) is 10.1 Å². The summed E-state index contributed by atoms with van der Waals surface area (Å²) in [7, 11) is 0. The Morgan fingerprint density at radius 3 is 2.64 bits per heavy atom. The highest BCUT2D eigenvalue weighted by Crippen LogP contribution is 2.26. The number of nitrogens with zero attached hydrogens (tertiary/aromatic N) is 2. The van der Waals surface area contributed by atoms with Crippen molar-refractivity contribution >= 4 is 17.5 Å². The molecule has 0 saturated carbocycles. The average molecular weight is 359 g/mol. The number of hydrogen-bond acceptors (Lipinski definition) is 3. The van der Waals surface area contributed by atoms with Crippen LogP contribution in [0.15, 0.2) is 59.3 Å². The Kier molecular flexibility index (Phi) is 5.14. The molecule has 0 fully saturated rings. The molecule has 0 bridgehead atoms. The van der Waals surface area contributed by atoms with Crippen molar-refractivity contribution in [3.8, 4) is 11.3 Å². The number of halogens is 2. The summed E-state index contributed by atoms with van der Waals surface area (Å²) in [5.74, 6) is -0.335. The van der Waals surface area contributed by atoms with Crippen molar-refractivity contribution in [2.24, 2.45) is 0 Å². The highest BCUT2D eigenvalue weighted by molar-refractivity contribution is 6.31. The smallest absolute Gasteiger partial charge is 0.259 e. The summed E-state index contributed by atoms with van der Waals surface area (Å²) in [6.07, 6.45) is 1.39. The molecule has 4 nitrogen and oxygen atoms in total. The molecule has 1 heterocycles. The quantitative estimate of drug-likeness (QED) is 0.658. The Labute approximate surface area is 149 Å². The van der Waals surface area contributed by atoms with E-state index >= 15 is 0 Å². The van der Waals surface area contributed by atoms with Crippen LogP contribution in [0.4, 0.5) is 4.39 Å². The maximum Gasteiger partial charge on any atom is 0.259 e. The SMILES string of the molecule is CCN(Cc1c(F)cccc1Cl)C(=O)c1cnoc1-c1ccccc1. The average Bonchev–Trinajstić information content (AvgIpc) is 3.11. The van der Waals surface area contributed by atoms with Crippen molar-refractivity contribution < 1.29 is 13.7 Å². The van der Waals surface area contributed by atoms with Gasteiger partial charge in [-0.3, -0.25) is 4.79 Å². The number of benzene rings is 2. The molecule has 0 aliphatic heterocycles. The van der Waals surface area contributed by atoms with Crippen LogP contribution in [0.3, 0.4) is 0 Å². The molecule has 128 valence electrons. The van der Waals surface area contributed by atoms with Gasteiger partial charge in [0.05, 0.1) is 12.7 Å². The molecule has 3 aromatic rings. The zero-order valence-corrected chi connectivity index (χ0v) is 14.3. The molecule has 25 heavy (non-hydrogen) atoms. The standard InChI is InChI=1S/C19H16ClFN2O2/c1-2-23(12-15-16(20)9-6-10-17(15)21)19(24)14-11-22-25-18(14)13-7-4-3-5-8-13/h3-11H,2,12H2,1H3. The maximum absolute atomic E-state index is 14.0. The number of amides is 1. The minimum atomic E-state index is -0.438. The fourth-order valence-electron chi connectivity index (χ4n) is 2.56. The van der Waals surface area contributed by atoms with E-state index in [2.05, 4.69) is 5.16 Å². The summed E-state index contributed by atoms with van der Waals surface area (Å²) in [5, 5.41) is 4.05. The molecule has 0 radical (unpaired) electrons. The zero-order chi connectivity index (χ0) is 17.8. The molecule has 6 heteroatoms. The predicted molar refractivity (Wildman–Crippen MR) is 93.8 cm³/mol. The monoisotopic (exact) mass is 358 g/mol. The molecule has 0 aliphatic rings. The Morgan fingerprint density at radius 1 is 1.20 bits per heavy atom. The van der Waals surface area contributed by atoms with E-state index in [0.29, 0.717) is 22.9 Å². The van der Waals surface area contributed by atoms with Crippen LogP contribution in [0.1, 0.15) is 22.8 Å². The summed E-state index contributed by atoms with van der Waals surface area (Å²) in [4.78, 5) is 14.4. The first-order chi connectivity index (χ1) is 12.1. The molecule has 0 aliphatic carbocycles. The van der Waals surface area contributed by atoms with Gasteiger partial charge in [0.2, 0.25) is 0 Å². The van der Waals surface area contributed by atoms with Gasteiger partial charge < -0.3 is 9.42 Å². The molecular weight excluding hydrogens is 343 g/mol. The second-order valence-corrected chi connectivity index (χ2v) is 5.86. The first kappa shape index (κ1) is 17.2. The molecule has 2 aromatic carbocycles. The molecule has 3 rings (SSSR count). The zero-order valence-electron chi connectivity index (χ0n) is 13.6. The van der Waals surface area contributed by atoms with Crippen LogP contribution in [0.2, 0.25) is 5.02 Å². The number of hydrogen-bond donors (Lipinski definition) is 0. The minimum absolute atomic E-state index is 0.0697. The van der Waals surface area contributed by atoms with E-state index in [1.165, 1.54) is 23.2 Å². The molecule has 1 amide bonds. The van der Waals surface area contributed by atoms with Gasteiger partial charge in [-0.25, -0.2) is 4.39 Å². The van der Waals surface area contributed by atoms with Gasteiger partial charge in [-0.15, -0.1) is 0 Å². The van der Waals surface area contributed by atoms with Crippen molar-refractivity contribution in [2.75, 3.05) is 6.54 Å². The largest absolute Gasteiger partial charge is 0.355 e. The van der Waals surface area contributed by atoms with Crippen LogP contribution in [-0.2, 0) is 6.54 Å². The summed E-state index contributed by atoms with van der Waals surface area (Å²) in [6.45, 7) is 2.28. The first-order valence-electron chi connectivity index (χ1n) is 7.84. The highest BCUT2D eigenvalue weighted by Gasteiger charge is 2.23. The van der Waals surface area contributed by atoms with Crippen LogP contribution < -0.4 is 0 Å². The summed E-state index contributed by atoms with van der Waals surface area (Å²) in [6, 6.07) is 13.7. The van der Waals surface area contributed by atoms with Crippen LogP contribution in [0.25, 0.3) is 11.3 Å². The number of carbonyl (C=O) groups is 1. The molecule has 0 N–H and O–H groups in total. The lowest BCUT2D eigenvalue weighted by Crippen LogP contribution is -2.30. The van der Waals surface area contributed by atoms with E-state index in [-0.39, 0.29) is 18.0 Å².